The molecule has 2 aromatic heterocycles. The van der Waals surface area contributed by atoms with Crippen molar-refractivity contribution >= 4 is 27.0 Å². The van der Waals surface area contributed by atoms with Gasteiger partial charge in [-0.05, 0) is 42.0 Å². The standard InChI is InChI=1S/C21H19FN6O4S/c22-16-3-1-2-14(10-16)12-27-13-25-19-18(21(27)30)11-26-28(19)9-8-24-20(29)15-4-6-17(7-5-15)33(23,31)32/h1-7,10-11,13H,8-9,12H2,(H,24,29)(H2,23,31,32). The molecule has 10 nitrogen and oxygen atoms in total. The third kappa shape index (κ3) is 4.96. The van der Waals surface area contributed by atoms with Gasteiger partial charge in [-0.15, -0.1) is 0 Å². The quantitative estimate of drug-likeness (QED) is 0.410. The lowest BCUT2D eigenvalue weighted by atomic mass is 10.2. The molecule has 3 N–H and O–H groups in total. The number of halogens is 1. The highest BCUT2D eigenvalue weighted by Crippen LogP contribution is 2.10. The predicted molar refractivity (Wildman–Crippen MR) is 117 cm³/mol. The molecular formula is C21H19FN6O4S. The van der Waals surface area contributed by atoms with Crippen LogP contribution in [0.5, 0.6) is 0 Å². The van der Waals surface area contributed by atoms with E-state index in [1.54, 1.807) is 12.1 Å². The number of primary sulfonamides is 1. The number of nitrogens with one attached hydrogen (secondary N) is 1. The fraction of sp³-hybridized carbons (Fsp3) is 0.143. The Morgan fingerprint density at radius 1 is 1.15 bits per heavy atom. The Morgan fingerprint density at radius 2 is 1.91 bits per heavy atom. The second-order valence-electron chi connectivity index (χ2n) is 7.24. The van der Waals surface area contributed by atoms with Gasteiger partial charge in [0.15, 0.2) is 5.65 Å². The Balaban J connectivity index is 1.42. The monoisotopic (exact) mass is 470 g/mol. The molecule has 170 valence electrons. The maximum atomic E-state index is 13.4. The van der Waals surface area contributed by atoms with Crippen LogP contribution in [0.25, 0.3) is 11.0 Å². The van der Waals surface area contributed by atoms with Gasteiger partial charge in [0.25, 0.3) is 11.5 Å². The van der Waals surface area contributed by atoms with Gasteiger partial charge in [0, 0.05) is 12.1 Å². The highest BCUT2D eigenvalue weighted by Gasteiger charge is 2.13. The second kappa shape index (κ2) is 8.92. The number of benzene rings is 2. The van der Waals surface area contributed by atoms with Crippen molar-refractivity contribution in [2.45, 2.75) is 18.0 Å². The number of aromatic nitrogens is 4. The molecule has 0 saturated carbocycles. The van der Waals surface area contributed by atoms with Gasteiger partial charge in [0.1, 0.15) is 17.5 Å². The van der Waals surface area contributed by atoms with Gasteiger partial charge in [-0.3, -0.25) is 14.2 Å². The van der Waals surface area contributed by atoms with E-state index in [1.165, 1.54) is 58.2 Å². The Labute approximate surface area is 187 Å². The smallest absolute Gasteiger partial charge is 0.264 e. The number of amides is 1. The van der Waals surface area contributed by atoms with E-state index in [4.69, 9.17) is 5.14 Å². The lowest BCUT2D eigenvalue weighted by Crippen LogP contribution is -2.28. The van der Waals surface area contributed by atoms with Crippen LogP contribution in [0.1, 0.15) is 15.9 Å². The van der Waals surface area contributed by atoms with Crippen molar-refractivity contribution in [2.24, 2.45) is 5.14 Å². The molecule has 12 heteroatoms. The minimum atomic E-state index is -3.83. The van der Waals surface area contributed by atoms with Crippen molar-refractivity contribution < 1.29 is 17.6 Å². The molecule has 1 amide bonds. The highest BCUT2D eigenvalue weighted by molar-refractivity contribution is 7.89. The van der Waals surface area contributed by atoms with Crippen molar-refractivity contribution in [1.82, 2.24) is 24.6 Å². The summed E-state index contributed by atoms with van der Waals surface area (Å²) in [6.07, 6.45) is 2.78. The molecule has 0 radical (unpaired) electrons. The zero-order chi connectivity index (χ0) is 23.6. The number of rotatable bonds is 7. The van der Waals surface area contributed by atoms with Crippen molar-refractivity contribution in [3.05, 3.63) is 88.4 Å². The first kappa shape index (κ1) is 22.3. The van der Waals surface area contributed by atoms with Gasteiger partial charge < -0.3 is 5.32 Å². The number of hydrogen-bond acceptors (Lipinski definition) is 6. The van der Waals surface area contributed by atoms with Crippen LogP contribution in [0.2, 0.25) is 0 Å². The fourth-order valence-electron chi connectivity index (χ4n) is 3.28. The second-order valence-corrected chi connectivity index (χ2v) is 8.80. The van der Waals surface area contributed by atoms with Crippen molar-refractivity contribution in [3.8, 4) is 0 Å². The van der Waals surface area contributed by atoms with Gasteiger partial charge in [-0.2, -0.15) is 5.10 Å². The minimum Gasteiger partial charge on any atom is -0.350 e. The van der Waals surface area contributed by atoms with Crippen LogP contribution in [0.15, 0.2) is 70.7 Å². The Hall–Kier alpha value is -3.90. The average Bonchev–Trinajstić information content (AvgIpc) is 3.19. The number of nitrogens with two attached hydrogens (primary N) is 1. The summed E-state index contributed by atoms with van der Waals surface area (Å²) in [5, 5.41) is 12.2. The van der Waals surface area contributed by atoms with Crippen molar-refractivity contribution in [3.63, 3.8) is 0 Å². The summed E-state index contributed by atoms with van der Waals surface area (Å²) in [6.45, 7) is 0.622. The minimum absolute atomic E-state index is 0.0869. The number of carbonyl (C=O) groups excluding carboxylic acids is 1. The molecule has 2 aromatic carbocycles. The van der Waals surface area contributed by atoms with Crippen LogP contribution in [-0.2, 0) is 23.1 Å². The fourth-order valence-corrected chi connectivity index (χ4v) is 3.79. The largest absolute Gasteiger partial charge is 0.350 e. The maximum absolute atomic E-state index is 13.4. The van der Waals surface area contributed by atoms with E-state index in [9.17, 15) is 22.4 Å². The van der Waals surface area contributed by atoms with Crippen LogP contribution in [0.3, 0.4) is 0 Å². The number of nitrogens with zero attached hydrogens (tertiary/aromatic N) is 4. The summed E-state index contributed by atoms with van der Waals surface area (Å²) in [6, 6.07) is 11.2. The van der Waals surface area contributed by atoms with Crippen LogP contribution >= 0.6 is 0 Å². The molecule has 0 aliphatic heterocycles. The van der Waals surface area contributed by atoms with Crippen LogP contribution in [0, 0.1) is 5.82 Å². The summed E-state index contributed by atoms with van der Waals surface area (Å²) in [4.78, 5) is 29.2. The highest BCUT2D eigenvalue weighted by atomic mass is 32.2. The van der Waals surface area contributed by atoms with Gasteiger partial charge in [0.05, 0.1) is 24.2 Å². The zero-order valence-corrected chi connectivity index (χ0v) is 18.0. The average molecular weight is 470 g/mol. The third-order valence-electron chi connectivity index (χ3n) is 4.92. The molecule has 0 bridgehead atoms. The van der Waals surface area contributed by atoms with E-state index in [0.717, 1.165) is 0 Å². The van der Waals surface area contributed by atoms with Gasteiger partial charge in [-0.25, -0.2) is 27.6 Å². The number of sulfonamides is 1. The molecule has 0 saturated heterocycles. The molecule has 4 rings (SSSR count). The van der Waals surface area contributed by atoms with Gasteiger partial charge in [0.2, 0.25) is 10.0 Å². The maximum Gasteiger partial charge on any atom is 0.264 e. The lowest BCUT2D eigenvalue weighted by molar-refractivity contribution is 0.0952. The Bertz CT molecular complexity index is 1500. The summed E-state index contributed by atoms with van der Waals surface area (Å²) in [5.74, 6) is -0.789. The molecule has 33 heavy (non-hydrogen) atoms. The number of hydrogen-bond donors (Lipinski definition) is 2. The van der Waals surface area contributed by atoms with Gasteiger partial charge in [-0.1, -0.05) is 12.1 Å². The third-order valence-corrected chi connectivity index (χ3v) is 5.85. The summed E-state index contributed by atoms with van der Waals surface area (Å²) < 4.78 is 38.9. The van der Waals surface area contributed by atoms with E-state index >= 15 is 0 Å². The summed E-state index contributed by atoms with van der Waals surface area (Å²) >= 11 is 0. The van der Waals surface area contributed by atoms with Crippen molar-refractivity contribution in [1.29, 1.82) is 0 Å². The SMILES string of the molecule is NS(=O)(=O)c1ccc(C(=O)NCCn2ncc3c(=O)n(Cc4cccc(F)c4)cnc32)cc1. The van der Waals surface area contributed by atoms with Gasteiger partial charge >= 0.3 is 0 Å². The van der Waals surface area contributed by atoms with Crippen LogP contribution < -0.4 is 16.0 Å². The molecule has 0 atom stereocenters. The van der Waals surface area contributed by atoms with Crippen LogP contribution in [-0.4, -0.2) is 40.2 Å². The Kier molecular flexibility index (Phi) is 6.03. The summed E-state index contributed by atoms with van der Waals surface area (Å²) in [5.41, 5.74) is 0.952. The first-order valence-corrected chi connectivity index (χ1v) is 11.3. The van der Waals surface area contributed by atoms with E-state index in [1.807, 2.05) is 0 Å². The molecule has 0 fully saturated rings. The van der Waals surface area contributed by atoms with Crippen LogP contribution in [0.4, 0.5) is 4.39 Å². The molecule has 0 unspecified atom stereocenters. The first-order chi connectivity index (χ1) is 15.7. The zero-order valence-electron chi connectivity index (χ0n) is 17.2. The summed E-state index contributed by atoms with van der Waals surface area (Å²) in [7, 11) is -3.83. The predicted octanol–water partition coefficient (Wildman–Crippen LogP) is 0.858. The van der Waals surface area contributed by atoms with E-state index in [0.29, 0.717) is 16.6 Å². The number of fused-ring (bicyclic) bond motifs is 1. The number of carbonyl (C=O) groups is 1. The molecule has 0 spiro atoms. The molecule has 0 aliphatic rings. The topological polar surface area (TPSA) is 142 Å². The lowest BCUT2D eigenvalue weighted by Gasteiger charge is -2.08. The van der Waals surface area contributed by atoms with Crippen molar-refractivity contribution in [2.75, 3.05) is 6.54 Å². The first-order valence-electron chi connectivity index (χ1n) is 9.79. The Morgan fingerprint density at radius 3 is 2.61 bits per heavy atom. The molecular weight excluding hydrogens is 451 g/mol. The normalized spacial score (nSPS) is 11.6. The van der Waals surface area contributed by atoms with E-state index in [-0.39, 0.29) is 41.5 Å². The molecule has 2 heterocycles. The van der Waals surface area contributed by atoms with E-state index < -0.39 is 15.9 Å². The molecule has 0 aliphatic carbocycles. The van der Waals surface area contributed by atoms with E-state index in [2.05, 4.69) is 15.4 Å². The molecule has 4 aromatic rings.